The first kappa shape index (κ1) is 9.58. The number of pyridine rings is 1. The second-order valence-corrected chi connectivity index (χ2v) is 5.21. The summed E-state index contributed by atoms with van der Waals surface area (Å²) in [7, 11) is 0. The van der Waals surface area contributed by atoms with Crippen LogP contribution in [0.25, 0.3) is 11.0 Å². The summed E-state index contributed by atoms with van der Waals surface area (Å²) in [6.45, 7) is 4.28. The number of carbonyl (C=O) groups is 1. The molecule has 3 nitrogen and oxygen atoms in total. The Bertz CT molecular complexity index is 568. The predicted octanol–water partition coefficient (Wildman–Crippen LogP) is 2.79. The maximum Gasteiger partial charge on any atom is 0.168 e. The van der Waals surface area contributed by atoms with Crippen LogP contribution < -0.4 is 0 Å². The summed E-state index contributed by atoms with van der Waals surface area (Å²) in [5.41, 5.74) is 1.77. The molecule has 0 aromatic carbocycles. The molecule has 1 fully saturated rings. The average Bonchev–Trinajstić information content (AvgIpc) is 2.74. The molecule has 1 atom stereocenters. The zero-order valence-corrected chi connectivity index (χ0v) is 9.45. The summed E-state index contributed by atoms with van der Waals surface area (Å²) in [4.78, 5) is 19.5. The van der Waals surface area contributed by atoms with Crippen molar-refractivity contribution in [3.63, 3.8) is 0 Å². The number of hydrogen-bond acceptors (Lipinski definition) is 2. The van der Waals surface area contributed by atoms with Gasteiger partial charge in [-0.3, -0.25) is 4.79 Å². The molecule has 3 rings (SSSR count). The third kappa shape index (κ3) is 1.28. The molecular weight excluding hydrogens is 200 g/mol. The Kier molecular flexibility index (Phi) is 1.76. The molecule has 1 aliphatic carbocycles. The van der Waals surface area contributed by atoms with Gasteiger partial charge < -0.3 is 4.98 Å². The Hall–Kier alpha value is -1.64. The number of nitrogens with one attached hydrogen (secondary N) is 1. The number of aromatic amines is 1. The molecule has 16 heavy (non-hydrogen) atoms. The van der Waals surface area contributed by atoms with Crippen molar-refractivity contribution in [3.05, 3.63) is 30.1 Å². The van der Waals surface area contributed by atoms with Gasteiger partial charge in [0.2, 0.25) is 0 Å². The number of H-pyrrole nitrogens is 1. The van der Waals surface area contributed by atoms with Gasteiger partial charge in [0, 0.05) is 29.3 Å². The largest absolute Gasteiger partial charge is 0.345 e. The molecular formula is C13H14N2O. The van der Waals surface area contributed by atoms with E-state index in [0.29, 0.717) is 0 Å². The zero-order valence-electron chi connectivity index (χ0n) is 9.45. The van der Waals surface area contributed by atoms with E-state index in [0.717, 1.165) is 23.0 Å². The molecule has 2 aromatic rings. The molecule has 1 N–H and O–H groups in total. The van der Waals surface area contributed by atoms with Gasteiger partial charge in [-0.05, 0) is 24.0 Å². The highest BCUT2D eigenvalue weighted by Crippen LogP contribution is 2.53. The first-order chi connectivity index (χ1) is 7.59. The number of carbonyl (C=O) groups excluding carboxylic acids is 1. The van der Waals surface area contributed by atoms with Gasteiger partial charge >= 0.3 is 0 Å². The lowest BCUT2D eigenvalue weighted by Gasteiger charge is -2.01. The number of aromatic nitrogens is 2. The number of nitrogens with zero attached hydrogens (tertiary/aromatic N) is 1. The van der Waals surface area contributed by atoms with Crippen molar-refractivity contribution in [2.24, 2.45) is 11.3 Å². The molecule has 1 saturated carbocycles. The molecule has 0 amide bonds. The fourth-order valence-electron chi connectivity index (χ4n) is 2.26. The number of rotatable bonds is 2. The lowest BCUT2D eigenvalue weighted by atomic mass is 10.0. The molecule has 0 bridgehead atoms. The smallest absolute Gasteiger partial charge is 0.168 e. The summed E-state index contributed by atoms with van der Waals surface area (Å²) in [5.74, 6) is 0.441. The monoisotopic (exact) mass is 214 g/mol. The van der Waals surface area contributed by atoms with Gasteiger partial charge in [-0.1, -0.05) is 13.8 Å². The Balaban J connectivity index is 2.04. The minimum atomic E-state index is 0.183. The molecule has 2 aromatic heterocycles. The van der Waals surface area contributed by atoms with Crippen LogP contribution in [0, 0.1) is 11.3 Å². The number of ketones is 1. The van der Waals surface area contributed by atoms with Gasteiger partial charge in [0.1, 0.15) is 5.65 Å². The van der Waals surface area contributed by atoms with E-state index < -0.39 is 0 Å². The van der Waals surface area contributed by atoms with Crippen LogP contribution in [0.5, 0.6) is 0 Å². The topological polar surface area (TPSA) is 45.8 Å². The second kappa shape index (κ2) is 2.94. The van der Waals surface area contributed by atoms with E-state index in [-0.39, 0.29) is 17.1 Å². The first-order valence-corrected chi connectivity index (χ1v) is 5.56. The van der Waals surface area contributed by atoms with Crippen LogP contribution in [-0.4, -0.2) is 15.8 Å². The second-order valence-electron chi connectivity index (χ2n) is 5.21. The quantitative estimate of drug-likeness (QED) is 0.781. The van der Waals surface area contributed by atoms with Crippen LogP contribution in [-0.2, 0) is 0 Å². The van der Waals surface area contributed by atoms with Gasteiger partial charge in [-0.25, -0.2) is 4.98 Å². The van der Waals surface area contributed by atoms with E-state index in [2.05, 4.69) is 23.8 Å². The Morgan fingerprint density at radius 2 is 2.31 bits per heavy atom. The van der Waals surface area contributed by atoms with Crippen LogP contribution in [0.1, 0.15) is 30.6 Å². The van der Waals surface area contributed by atoms with Crippen LogP contribution >= 0.6 is 0 Å². The minimum Gasteiger partial charge on any atom is -0.345 e. The van der Waals surface area contributed by atoms with Crippen molar-refractivity contribution < 1.29 is 4.79 Å². The van der Waals surface area contributed by atoms with Crippen molar-refractivity contribution >= 4 is 16.8 Å². The SMILES string of the molecule is CC1(C)CC1C(=O)c1c[nH]c2ncccc12. The lowest BCUT2D eigenvalue weighted by Crippen LogP contribution is -2.05. The van der Waals surface area contributed by atoms with Crippen LogP contribution in [0.4, 0.5) is 0 Å². The number of fused-ring (bicyclic) bond motifs is 1. The van der Waals surface area contributed by atoms with Crippen LogP contribution in [0.2, 0.25) is 0 Å². The third-order valence-corrected chi connectivity index (χ3v) is 3.55. The van der Waals surface area contributed by atoms with E-state index in [9.17, 15) is 4.79 Å². The maximum atomic E-state index is 12.2. The molecule has 0 aliphatic heterocycles. The fraction of sp³-hybridized carbons (Fsp3) is 0.385. The predicted molar refractivity (Wildman–Crippen MR) is 62.3 cm³/mol. The maximum absolute atomic E-state index is 12.2. The highest BCUT2D eigenvalue weighted by atomic mass is 16.1. The summed E-state index contributed by atoms with van der Waals surface area (Å²) in [6, 6.07) is 3.81. The summed E-state index contributed by atoms with van der Waals surface area (Å²) < 4.78 is 0. The van der Waals surface area contributed by atoms with Crippen molar-refractivity contribution in [2.75, 3.05) is 0 Å². The summed E-state index contributed by atoms with van der Waals surface area (Å²) >= 11 is 0. The van der Waals surface area contributed by atoms with E-state index >= 15 is 0 Å². The third-order valence-electron chi connectivity index (χ3n) is 3.55. The summed E-state index contributed by atoms with van der Waals surface area (Å²) in [5, 5.41) is 0.940. The van der Waals surface area contributed by atoms with Crippen molar-refractivity contribution in [1.29, 1.82) is 0 Å². The van der Waals surface area contributed by atoms with Crippen molar-refractivity contribution in [1.82, 2.24) is 9.97 Å². The van der Waals surface area contributed by atoms with Gasteiger partial charge in [0.25, 0.3) is 0 Å². The standard InChI is InChI=1S/C13H14N2O/c1-13(2)6-10(13)11(16)9-7-15-12-8(9)4-3-5-14-12/h3-5,7,10H,6H2,1-2H3,(H,14,15). The molecule has 0 saturated heterocycles. The van der Waals surface area contributed by atoms with Gasteiger partial charge in [-0.2, -0.15) is 0 Å². The fourth-order valence-corrected chi connectivity index (χ4v) is 2.26. The Morgan fingerprint density at radius 1 is 1.56 bits per heavy atom. The Labute approximate surface area is 93.9 Å². The molecule has 82 valence electrons. The Morgan fingerprint density at radius 3 is 3.00 bits per heavy atom. The van der Waals surface area contributed by atoms with E-state index in [1.165, 1.54) is 0 Å². The van der Waals surface area contributed by atoms with Crippen LogP contribution in [0.15, 0.2) is 24.5 Å². The van der Waals surface area contributed by atoms with Gasteiger partial charge in [0.15, 0.2) is 5.78 Å². The molecule has 0 radical (unpaired) electrons. The van der Waals surface area contributed by atoms with E-state index in [1.54, 1.807) is 12.4 Å². The first-order valence-electron chi connectivity index (χ1n) is 5.56. The molecule has 1 unspecified atom stereocenters. The lowest BCUT2D eigenvalue weighted by molar-refractivity contribution is 0.0955. The number of Topliss-reactive ketones (excluding diaryl/α,β-unsaturated/α-hetero) is 1. The normalized spacial score (nSPS) is 22.2. The molecule has 1 aliphatic rings. The minimum absolute atomic E-state index is 0.183. The highest BCUT2D eigenvalue weighted by molar-refractivity contribution is 6.09. The molecule has 3 heteroatoms. The number of hydrogen-bond donors (Lipinski definition) is 1. The van der Waals surface area contributed by atoms with E-state index in [4.69, 9.17) is 0 Å². The average molecular weight is 214 g/mol. The highest BCUT2D eigenvalue weighted by Gasteiger charge is 2.50. The summed E-state index contributed by atoms with van der Waals surface area (Å²) in [6.07, 6.45) is 4.52. The van der Waals surface area contributed by atoms with Crippen molar-refractivity contribution in [3.8, 4) is 0 Å². The van der Waals surface area contributed by atoms with Gasteiger partial charge in [-0.15, -0.1) is 0 Å². The molecule has 2 heterocycles. The van der Waals surface area contributed by atoms with Crippen molar-refractivity contribution in [2.45, 2.75) is 20.3 Å². The molecule has 0 spiro atoms. The van der Waals surface area contributed by atoms with Crippen LogP contribution in [0.3, 0.4) is 0 Å². The zero-order chi connectivity index (χ0) is 11.3. The van der Waals surface area contributed by atoms with Gasteiger partial charge in [0.05, 0.1) is 0 Å². The van der Waals surface area contributed by atoms with E-state index in [1.807, 2.05) is 12.1 Å².